The van der Waals surface area contributed by atoms with Crippen LogP contribution in [-0.4, -0.2) is 39.3 Å². The minimum atomic E-state index is -4.66. The van der Waals surface area contributed by atoms with E-state index in [9.17, 15) is 27.9 Å². The summed E-state index contributed by atoms with van der Waals surface area (Å²) in [5.41, 5.74) is 2.49. The molecule has 0 fully saturated rings. The highest BCUT2D eigenvalue weighted by Crippen LogP contribution is 2.31. The van der Waals surface area contributed by atoms with Crippen molar-refractivity contribution in [2.24, 2.45) is 0 Å². The van der Waals surface area contributed by atoms with Crippen LogP contribution in [0.5, 0.6) is 0 Å². The van der Waals surface area contributed by atoms with Gasteiger partial charge in [-0.1, -0.05) is 103 Å². The number of aromatic nitrogens is 2. The van der Waals surface area contributed by atoms with Crippen LogP contribution >= 0.6 is 0 Å². The summed E-state index contributed by atoms with van der Waals surface area (Å²) in [5, 5.41) is 9.80. The van der Waals surface area contributed by atoms with E-state index >= 15 is 0 Å². The van der Waals surface area contributed by atoms with E-state index in [0.29, 0.717) is 28.9 Å². The Bertz CT molecular complexity index is 1360. The Morgan fingerprint density at radius 3 is 1.85 bits per heavy atom. The molecule has 0 bridgehead atoms. The lowest BCUT2D eigenvalue weighted by Crippen LogP contribution is -2.33. The van der Waals surface area contributed by atoms with Gasteiger partial charge in [-0.2, -0.15) is 13.2 Å². The highest BCUT2D eigenvalue weighted by Gasteiger charge is 2.42. The van der Waals surface area contributed by atoms with Gasteiger partial charge in [0.25, 0.3) is 0 Å². The van der Waals surface area contributed by atoms with Crippen LogP contribution in [0, 0.1) is 0 Å². The average molecular weight is 641 g/mol. The highest BCUT2D eigenvalue weighted by atomic mass is 19.4. The monoisotopic (exact) mass is 640 g/mol. The first-order valence-electron chi connectivity index (χ1n) is 16.7. The number of aromatic carboxylic acids is 1. The quantitative estimate of drug-likeness (QED) is 0.0976. The van der Waals surface area contributed by atoms with Crippen LogP contribution in [0.25, 0.3) is 22.5 Å². The Balaban J connectivity index is 1.60. The van der Waals surface area contributed by atoms with Crippen LogP contribution in [0.1, 0.15) is 130 Å². The summed E-state index contributed by atoms with van der Waals surface area (Å²) >= 11 is 0. The van der Waals surface area contributed by atoms with Gasteiger partial charge in [-0.3, -0.25) is 0 Å². The van der Waals surface area contributed by atoms with Gasteiger partial charge in [-0.15, -0.1) is 0 Å². The fraction of sp³-hybridized carbons (Fsp3) is 0.514. The lowest BCUT2D eigenvalue weighted by atomic mass is 9.96. The van der Waals surface area contributed by atoms with Crippen LogP contribution < -0.4 is 0 Å². The number of aryl methyl sites for hydroxylation is 1. The predicted molar refractivity (Wildman–Crippen MR) is 175 cm³/mol. The molecule has 1 N–H and O–H groups in total. The summed E-state index contributed by atoms with van der Waals surface area (Å²) in [6.07, 6.45) is 12.3. The van der Waals surface area contributed by atoms with Gasteiger partial charge in [0.15, 0.2) is 11.9 Å². The largest absolute Gasteiger partial charge is 0.478 e. The maximum atomic E-state index is 13.3. The van der Waals surface area contributed by atoms with Crippen LogP contribution in [-0.2, 0) is 11.2 Å². The van der Waals surface area contributed by atoms with Crippen molar-refractivity contribution in [3.05, 3.63) is 71.5 Å². The first-order valence-corrected chi connectivity index (χ1v) is 16.7. The Hall–Kier alpha value is -3.75. The standard InChI is InChI=1S/C37H47F3N2O4/c1-3-5-7-8-9-10-11-12-13-14-15-16-27-25-41-34(42-26-27)30-22-23-31(35(43)44)32(24-30)28-18-20-29(21-19-28)36(45)46-33(17-6-4-2)37(38,39)40/h18-26,33H,3-17H2,1-2H3,(H,43,44). The van der Waals surface area contributed by atoms with Crippen LogP contribution in [0.2, 0.25) is 0 Å². The fourth-order valence-corrected chi connectivity index (χ4v) is 5.40. The first-order chi connectivity index (χ1) is 22.1. The van der Waals surface area contributed by atoms with Gasteiger partial charge in [0.1, 0.15) is 0 Å². The van der Waals surface area contributed by atoms with E-state index in [4.69, 9.17) is 4.74 Å². The van der Waals surface area contributed by atoms with E-state index in [1.807, 2.05) is 0 Å². The average Bonchev–Trinajstić information content (AvgIpc) is 3.05. The zero-order valence-electron chi connectivity index (χ0n) is 27.1. The number of rotatable bonds is 20. The maximum Gasteiger partial charge on any atom is 0.425 e. The smallest absolute Gasteiger partial charge is 0.425 e. The number of halogens is 3. The molecule has 0 spiro atoms. The molecule has 0 aliphatic carbocycles. The van der Waals surface area contributed by atoms with Crippen molar-refractivity contribution in [3.8, 4) is 22.5 Å². The van der Waals surface area contributed by atoms with Gasteiger partial charge >= 0.3 is 18.1 Å². The number of carbonyl (C=O) groups is 2. The van der Waals surface area contributed by atoms with Gasteiger partial charge in [0.05, 0.1) is 11.1 Å². The number of alkyl halides is 3. The predicted octanol–water partition coefficient (Wildman–Crippen LogP) is 10.6. The summed E-state index contributed by atoms with van der Waals surface area (Å²) in [4.78, 5) is 33.5. The Morgan fingerprint density at radius 1 is 0.761 bits per heavy atom. The second-order valence-corrected chi connectivity index (χ2v) is 11.9. The molecule has 3 aromatic rings. The van der Waals surface area contributed by atoms with Crippen molar-refractivity contribution >= 4 is 11.9 Å². The molecule has 1 unspecified atom stereocenters. The van der Waals surface area contributed by atoms with Crippen molar-refractivity contribution in [2.45, 2.75) is 122 Å². The van der Waals surface area contributed by atoms with Crippen LogP contribution in [0.15, 0.2) is 54.9 Å². The number of ether oxygens (including phenoxy) is 1. The minimum absolute atomic E-state index is 0.0314. The molecular formula is C37H47F3N2O4. The summed E-state index contributed by atoms with van der Waals surface area (Å²) in [6, 6.07) is 10.4. The minimum Gasteiger partial charge on any atom is -0.478 e. The zero-order valence-corrected chi connectivity index (χ0v) is 27.1. The Morgan fingerprint density at radius 2 is 1.30 bits per heavy atom. The fourth-order valence-electron chi connectivity index (χ4n) is 5.40. The number of carboxylic acid groups (broad SMARTS) is 1. The van der Waals surface area contributed by atoms with Crippen LogP contribution in [0.3, 0.4) is 0 Å². The van der Waals surface area contributed by atoms with Crippen molar-refractivity contribution in [3.63, 3.8) is 0 Å². The third-order valence-electron chi connectivity index (χ3n) is 8.15. The number of benzene rings is 2. The molecule has 6 nitrogen and oxygen atoms in total. The second-order valence-electron chi connectivity index (χ2n) is 11.9. The molecule has 0 saturated carbocycles. The maximum absolute atomic E-state index is 13.3. The SMILES string of the molecule is CCCCCCCCCCCCCc1cnc(-c2ccc(C(=O)O)c(-c3ccc(C(=O)OC(CCCC)C(F)(F)F)cc3)c2)nc1. The summed E-state index contributed by atoms with van der Waals surface area (Å²) < 4.78 is 44.8. The Kier molecular flexibility index (Phi) is 15.2. The van der Waals surface area contributed by atoms with E-state index in [2.05, 4.69) is 16.9 Å². The van der Waals surface area contributed by atoms with Crippen molar-refractivity contribution in [1.29, 1.82) is 0 Å². The molecule has 1 atom stereocenters. The molecule has 1 aromatic heterocycles. The summed E-state index contributed by atoms with van der Waals surface area (Å²) in [7, 11) is 0. The number of esters is 1. The number of carboxylic acids is 1. The van der Waals surface area contributed by atoms with E-state index in [0.717, 1.165) is 18.4 Å². The van der Waals surface area contributed by atoms with E-state index in [1.54, 1.807) is 31.5 Å². The topological polar surface area (TPSA) is 89.4 Å². The number of hydrogen-bond donors (Lipinski definition) is 1. The molecule has 0 amide bonds. The molecule has 0 radical (unpaired) electrons. The lowest BCUT2D eigenvalue weighted by Gasteiger charge is -2.20. The van der Waals surface area contributed by atoms with Crippen molar-refractivity contribution in [1.82, 2.24) is 9.97 Å². The van der Waals surface area contributed by atoms with Crippen molar-refractivity contribution in [2.75, 3.05) is 0 Å². The zero-order chi connectivity index (χ0) is 33.4. The molecule has 0 aliphatic heterocycles. The van der Waals surface area contributed by atoms with Gasteiger partial charge in [0, 0.05) is 18.0 Å². The molecule has 0 saturated heterocycles. The van der Waals surface area contributed by atoms with E-state index in [1.165, 1.54) is 94.5 Å². The third-order valence-corrected chi connectivity index (χ3v) is 8.15. The molecular weight excluding hydrogens is 593 g/mol. The number of carbonyl (C=O) groups excluding carboxylic acids is 1. The normalized spacial score (nSPS) is 12.2. The number of nitrogens with zero attached hydrogens (tertiary/aromatic N) is 2. The summed E-state index contributed by atoms with van der Waals surface area (Å²) in [6.45, 7) is 4.00. The molecule has 250 valence electrons. The molecule has 3 rings (SSSR count). The van der Waals surface area contributed by atoms with Gasteiger partial charge in [0.2, 0.25) is 0 Å². The van der Waals surface area contributed by atoms with Crippen molar-refractivity contribution < 1.29 is 32.6 Å². The van der Waals surface area contributed by atoms with Gasteiger partial charge in [-0.05, 0) is 66.6 Å². The molecule has 9 heteroatoms. The number of hydrogen-bond acceptors (Lipinski definition) is 5. The lowest BCUT2D eigenvalue weighted by molar-refractivity contribution is -0.206. The van der Waals surface area contributed by atoms with E-state index in [-0.39, 0.29) is 24.0 Å². The molecule has 46 heavy (non-hydrogen) atoms. The second kappa shape index (κ2) is 19.0. The van der Waals surface area contributed by atoms with Crippen LogP contribution in [0.4, 0.5) is 13.2 Å². The first kappa shape index (κ1) is 36.7. The molecule has 1 heterocycles. The number of unbranched alkanes of at least 4 members (excludes halogenated alkanes) is 11. The van der Waals surface area contributed by atoms with Gasteiger partial charge in [-0.25, -0.2) is 19.6 Å². The molecule has 0 aliphatic rings. The van der Waals surface area contributed by atoms with E-state index < -0.39 is 24.2 Å². The summed E-state index contributed by atoms with van der Waals surface area (Å²) in [5.74, 6) is -1.78. The molecule has 2 aromatic carbocycles. The Labute approximate surface area is 270 Å². The van der Waals surface area contributed by atoms with Gasteiger partial charge < -0.3 is 9.84 Å². The highest BCUT2D eigenvalue weighted by molar-refractivity contribution is 5.97. The third kappa shape index (κ3) is 11.9.